The van der Waals surface area contributed by atoms with Gasteiger partial charge in [-0.05, 0) is 15.4 Å². The van der Waals surface area contributed by atoms with E-state index in [4.69, 9.17) is 9.16 Å². The second kappa shape index (κ2) is 9.56. The zero-order chi connectivity index (χ0) is 27.1. The predicted octanol–water partition coefficient (Wildman–Crippen LogP) is 1.58. The predicted molar refractivity (Wildman–Crippen MR) is 135 cm³/mol. The number of carbonyl (C=O) groups excluding carboxylic acids is 1. The van der Waals surface area contributed by atoms with Crippen LogP contribution in [0.1, 0.15) is 27.0 Å². The fourth-order valence-electron chi connectivity index (χ4n) is 4.89. The molecule has 196 valence electrons. The molecular formula is C26H28F2N2O6Si. The van der Waals surface area contributed by atoms with Crippen molar-refractivity contribution in [3.63, 3.8) is 0 Å². The van der Waals surface area contributed by atoms with Crippen LogP contribution >= 0.6 is 0 Å². The number of benzene rings is 2. The Hall–Kier alpha value is -3.25. The van der Waals surface area contributed by atoms with Crippen LogP contribution < -0.4 is 21.6 Å². The van der Waals surface area contributed by atoms with E-state index in [9.17, 15) is 19.5 Å². The maximum Gasteiger partial charge on any atom is 0.330 e. The highest BCUT2D eigenvalue weighted by Gasteiger charge is 2.68. The van der Waals surface area contributed by atoms with Crippen LogP contribution in [0.5, 0.6) is 0 Å². The van der Waals surface area contributed by atoms with Gasteiger partial charge in [0, 0.05) is 12.3 Å². The van der Waals surface area contributed by atoms with Crippen molar-refractivity contribution in [1.82, 2.24) is 9.55 Å². The van der Waals surface area contributed by atoms with Gasteiger partial charge in [-0.3, -0.25) is 19.1 Å². The van der Waals surface area contributed by atoms with E-state index in [1.54, 1.807) is 0 Å². The number of hydrogen-bond acceptors (Lipinski definition) is 6. The van der Waals surface area contributed by atoms with Gasteiger partial charge in [-0.1, -0.05) is 81.4 Å². The number of alkyl halides is 2. The minimum Gasteiger partial charge on any atom is -0.404 e. The molecule has 1 aromatic heterocycles. The Bertz CT molecular complexity index is 1330. The Morgan fingerprint density at radius 3 is 2.05 bits per heavy atom. The summed E-state index contributed by atoms with van der Waals surface area (Å²) in [5.74, 6) is -4.06. The average Bonchev–Trinajstić information content (AvgIpc) is 3.06. The van der Waals surface area contributed by atoms with E-state index in [-0.39, 0.29) is 6.29 Å². The van der Waals surface area contributed by atoms with Gasteiger partial charge in [0.1, 0.15) is 0 Å². The Labute approximate surface area is 212 Å². The van der Waals surface area contributed by atoms with Crippen molar-refractivity contribution in [2.75, 3.05) is 6.61 Å². The first-order valence-corrected chi connectivity index (χ1v) is 13.6. The largest absolute Gasteiger partial charge is 0.404 e. The number of aromatic nitrogens is 2. The summed E-state index contributed by atoms with van der Waals surface area (Å²) >= 11 is 0. The van der Waals surface area contributed by atoms with Gasteiger partial charge in [-0.25, -0.2) is 4.79 Å². The van der Waals surface area contributed by atoms with Crippen molar-refractivity contribution in [2.45, 2.75) is 49.7 Å². The highest BCUT2D eigenvalue weighted by molar-refractivity contribution is 6.99. The zero-order valence-electron chi connectivity index (χ0n) is 20.6. The first-order chi connectivity index (χ1) is 17.4. The Morgan fingerprint density at radius 2 is 1.59 bits per heavy atom. The first-order valence-electron chi connectivity index (χ1n) is 11.7. The maximum atomic E-state index is 15.3. The van der Waals surface area contributed by atoms with Gasteiger partial charge in [0.15, 0.2) is 18.0 Å². The van der Waals surface area contributed by atoms with Gasteiger partial charge in [-0.15, -0.1) is 0 Å². The van der Waals surface area contributed by atoms with Gasteiger partial charge in [0.25, 0.3) is 13.9 Å². The number of aromatic amines is 1. The summed E-state index contributed by atoms with van der Waals surface area (Å²) in [6.07, 6.45) is -4.05. The lowest BCUT2D eigenvalue weighted by atomic mass is 9.97. The van der Waals surface area contributed by atoms with Crippen molar-refractivity contribution in [3.05, 3.63) is 93.8 Å². The molecule has 0 spiro atoms. The fourth-order valence-corrected chi connectivity index (χ4v) is 9.49. The quantitative estimate of drug-likeness (QED) is 0.355. The zero-order valence-corrected chi connectivity index (χ0v) is 21.6. The molecule has 1 aliphatic rings. The number of ether oxygens (including phenoxy) is 1. The molecule has 2 N–H and O–H groups in total. The molecule has 3 aromatic rings. The number of halogens is 2. The van der Waals surface area contributed by atoms with Crippen LogP contribution in [0.15, 0.2) is 82.5 Å². The highest BCUT2D eigenvalue weighted by Crippen LogP contribution is 2.48. The molecule has 1 fully saturated rings. The van der Waals surface area contributed by atoms with Crippen LogP contribution in [-0.4, -0.2) is 53.5 Å². The second-order valence-electron chi connectivity index (χ2n) is 10.1. The normalized spacial score (nSPS) is 23.6. The van der Waals surface area contributed by atoms with Crippen LogP contribution in [0.4, 0.5) is 8.78 Å². The number of aliphatic hydroxyl groups excluding tert-OH is 1. The molecule has 2 heterocycles. The average molecular weight is 531 g/mol. The lowest BCUT2D eigenvalue weighted by Gasteiger charge is -2.44. The molecule has 3 atom stereocenters. The molecule has 0 unspecified atom stereocenters. The van der Waals surface area contributed by atoms with E-state index in [0.717, 1.165) is 22.6 Å². The molecule has 1 saturated heterocycles. The molecule has 0 saturated carbocycles. The smallest absolute Gasteiger partial charge is 0.330 e. The first kappa shape index (κ1) is 26.8. The topological polar surface area (TPSA) is 111 Å². The summed E-state index contributed by atoms with van der Waals surface area (Å²) in [4.78, 5) is 37.9. The minimum atomic E-state index is -4.06. The molecular weight excluding hydrogens is 502 g/mol. The molecule has 2 aromatic carbocycles. The third kappa shape index (κ3) is 4.41. The molecule has 11 heteroatoms. The summed E-state index contributed by atoms with van der Waals surface area (Å²) in [5.41, 5.74) is -4.45. The van der Waals surface area contributed by atoms with Crippen LogP contribution in [0.2, 0.25) is 5.04 Å². The Kier molecular flexibility index (Phi) is 6.93. The van der Waals surface area contributed by atoms with E-state index in [1.165, 1.54) is 0 Å². The van der Waals surface area contributed by atoms with Crippen molar-refractivity contribution in [2.24, 2.45) is 0 Å². The van der Waals surface area contributed by atoms with Crippen molar-refractivity contribution in [1.29, 1.82) is 0 Å². The van der Waals surface area contributed by atoms with Crippen LogP contribution in [0.3, 0.4) is 0 Å². The molecule has 0 amide bonds. The van der Waals surface area contributed by atoms with Crippen molar-refractivity contribution >= 4 is 25.0 Å². The highest BCUT2D eigenvalue weighted by atomic mass is 28.4. The van der Waals surface area contributed by atoms with Crippen molar-refractivity contribution in [3.8, 4) is 0 Å². The van der Waals surface area contributed by atoms with Gasteiger partial charge >= 0.3 is 11.6 Å². The third-order valence-electron chi connectivity index (χ3n) is 6.72. The van der Waals surface area contributed by atoms with Crippen LogP contribution in [-0.2, 0) is 14.0 Å². The summed E-state index contributed by atoms with van der Waals surface area (Å²) in [7, 11) is -3.29. The van der Waals surface area contributed by atoms with Crippen LogP contribution in [0, 0.1) is 0 Å². The molecule has 1 aliphatic heterocycles. The van der Waals surface area contributed by atoms with Gasteiger partial charge in [0.2, 0.25) is 6.23 Å². The number of nitrogens with zero attached hydrogens (tertiary/aromatic N) is 1. The number of rotatable bonds is 7. The van der Waals surface area contributed by atoms with Crippen LogP contribution in [0.25, 0.3) is 0 Å². The lowest BCUT2D eigenvalue weighted by Crippen LogP contribution is -2.68. The second-order valence-corrected chi connectivity index (χ2v) is 14.4. The summed E-state index contributed by atoms with van der Waals surface area (Å²) in [6.45, 7) is 5.21. The maximum absolute atomic E-state index is 15.3. The van der Waals surface area contributed by atoms with E-state index in [0.29, 0.717) is 4.57 Å². The summed E-state index contributed by atoms with van der Waals surface area (Å²) in [5, 5.41) is 11.9. The lowest BCUT2D eigenvalue weighted by molar-refractivity contribution is -0.152. The number of H-pyrrole nitrogens is 1. The minimum absolute atomic E-state index is 0.0973. The fraction of sp³-hybridized carbons (Fsp3) is 0.346. The molecule has 4 rings (SSSR count). The van der Waals surface area contributed by atoms with E-state index >= 15 is 8.78 Å². The van der Waals surface area contributed by atoms with Gasteiger partial charge < -0.3 is 14.3 Å². The summed E-state index contributed by atoms with van der Waals surface area (Å²) < 4.78 is 43.2. The number of aldehydes is 1. The number of nitrogens with one attached hydrogen (secondary N) is 1. The van der Waals surface area contributed by atoms with E-state index in [1.807, 2.05) is 86.4 Å². The third-order valence-corrected chi connectivity index (χ3v) is 11.7. The monoisotopic (exact) mass is 530 g/mol. The molecule has 0 bridgehead atoms. The van der Waals surface area contributed by atoms with E-state index < -0.39 is 55.1 Å². The van der Waals surface area contributed by atoms with Gasteiger partial charge in [0.05, 0.1) is 6.61 Å². The van der Waals surface area contributed by atoms with Crippen molar-refractivity contribution < 1.29 is 27.8 Å². The molecule has 0 aliphatic carbocycles. The summed E-state index contributed by atoms with van der Waals surface area (Å²) in [6, 6.07) is 19.5. The number of carbonyl (C=O) groups is 1. The standard InChI is InChI=1S/C26H28F2N2O6Si/c1-24(2,3)37(18-10-6-4-7-11-18,19-12-8-5-9-13-19)35-17-25(16-31)21(33)26(27,28)22(36-25)30-15-14-20(32)29-23(30)34/h4-16,21-22,33H,17H2,1-3H3,(H,29,32,34)/t21-,22-,25-/m1/s1. The Balaban J connectivity index is 1.81. The molecule has 0 radical (unpaired) electrons. The molecule has 8 nitrogen and oxygen atoms in total. The van der Waals surface area contributed by atoms with Gasteiger partial charge in [-0.2, -0.15) is 8.78 Å². The van der Waals surface area contributed by atoms with E-state index in [2.05, 4.69) is 0 Å². The Morgan fingerprint density at radius 1 is 1.05 bits per heavy atom. The number of aliphatic hydroxyl groups is 1. The number of hydrogen-bond donors (Lipinski definition) is 2. The molecule has 37 heavy (non-hydrogen) atoms. The SMILES string of the molecule is CC(C)(C)[Si](OC[C@@]1(C=O)O[C@@H](n2ccc(=O)[nH]c2=O)C(F)(F)[C@@H]1O)(c1ccccc1)c1ccccc1.